The maximum Gasteiger partial charge on any atom is 0.261 e. The van der Waals surface area contributed by atoms with E-state index in [1.807, 2.05) is 31.2 Å². The molecule has 2 aromatic carbocycles. The van der Waals surface area contributed by atoms with Gasteiger partial charge in [-0.1, -0.05) is 12.1 Å². The van der Waals surface area contributed by atoms with E-state index in [4.69, 9.17) is 0 Å². The van der Waals surface area contributed by atoms with Crippen LogP contribution in [0.25, 0.3) is 5.69 Å². The molecular weight excluding hydrogens is 358 g/mol. The van der Waals surface area contributed by atoms with Gasteiger partial charge < -0.3 is 5.32 Å². The third-order valence-electron chi connectivity index (χ3n) is 4.78. The zero-order valence-corrected chi connectivity index (χ0v) is 15.3. The minimum absolute atomic E-state index is 0.245. The molecule has 0 bridgehead atoms. The number of fused-ring (bicyclic) bond motifs is 1. The van der Waals surface area contributed by atoms with Crippen LogP contribution in [0.4, 0.5) is 0 Å². The number of aromatic nitrogens is 3. The molecule has 28 heavy (non-hydrogen) atoms. The number of carbonyl (C=O) groups is 3. The number of benzene rings is 2. The van der Waals surface area contributed by atoms with Crippen molar-refractivity contribution in [1.29, 1.82) is 0 Å². The van der Waals surface area contributed by atoms with E-state index in [1.54, 1.807) is 17.1 Å². The molecule has 0 saturated carbocycles. The first-order chi connectivity index (χ1) is 13.5. The first-order valence-electron chi connectivity index (χ1n) is 8.68. The first kappa shape index (κ1) is 17.6. The summed E-state index contributed by atoms with van der Waals surface area (Å²) in [7, 11) is 1.43. The summed E-state index contributed by atoms with van der Waals surface area (Å²) >= 11 is 0. The number of rotatable bonds is 4. The van der Waals surface area contributed by atoms with Crippen molar-refractivity contribution in [3.63, 3.8) is 0 Å². The summed E-state index contributed by atoms with van der Waals surface area (Å²) in [6, 6.07) is 11.9. The van der Waals surface area contributed by atoms with Crippen molar-refractivity contribution in [3.8, 4) is 5.69 Å². The molecule has 1 unspecified atom stereocenters. The summed E-state index contributed by atoms with van der Waals surface area (Å²) in [6.45, 7) is 1.87. The second-order valence-electron chi connectivity index (χ2n) is 6.56. The molecule has 0 spiro atoms. The van der Waals surface area contributed by atoms with Crippen molar-refractivity contribution in [2.45, 2.75) is 13.0 Å². The third kappa shape index (κ3) is 2.94. The van der Waals surface area contributed by atoms with Gasteiger partial charge in [-0.3, -0.25) is 19.3 Å². The minimum Gasteiger partial charge on any atom is -0.346 e. The molecule has 140 valence electrons. The largest absolute Gasteiger partial charge is 0.346 e. The van der Waals surface area contributed by atoms with Crippen LogP contribution >= 0.6 is 0 Å². The van der Waals surface area contributed by atoms with Crippen LogP contribution in [0.3, 0.4) is 0 Å². The average molecular weight is 375 g/mol. The van der Waals surface area contributed by atoms with E-state index < -0.39 is 5.91 Å². The topological polar surface area (TPSA) is 97.2 Å². The van der Waals surface area contributed by atoms with Gasteiger partial charge in [-0.05, 0) is 42.8 Å². The maximum absolute atomic E-state index is 12.6. The lowest BCUT2D eigenvalue weighted by Crippen LogP contribution is -2.27. The van der Waals surface area contributed by atoms with Gasteiger partial charge in [0.25, 0.3) is 17.7 Å². The van der Waals surface area contributed by atoms with Gasteiger partial charge in [0.2, 0.25) is 0 Å². The molecular formula is C20H17N5O3. The quantitative estimate of drug-likeness (QED) is 0.704. The van der Waals surface area contributed by atoms with Gasteiger partial charge in [0.1, 0.15) is 12.7 Å². The molecule has 1 aliphatic heterocycles. The number of nitrogens with one attached hydrogen (secondary N) is 1. The second-order valence-corrected chi connectivity index (χ2v) is 6.56. The number of hydrogen-bond donors (Lipinski definition) is 1. The molecule has 0 radical (unpaired) electrons. The fraction of sp³-hybridized carbons (Fsp3) is 0.150. The highest BCUT2D eigenvalue weighted by atomic mass is 16.2. The van der Waals surface area contributed by atoms with Crippen molar-refractivity contribution in [1.82, 2.24) is 25.0 Å². The smallest absolute Gasteiger partial charge is 0.261 e. The molecule has 0 aliphatic carbocycles. The summed E-state index contributed by atoms with van der Waals surface area (Å²) in [4.78, 5) is 41.6. The molecule has 1 atom stereocenters. The molecule has 3 amide bonds. The van der Waals surface area contributed by atoms with Crippen LogP contribution < -0.4 is 5.32 Å². The molecule has 1 N–H and O–H groups in total. The highest BCUT2D eigenvalue weighted by Crippen LogP contribution is 2.23. The van der Waals surface area contributed by atoms with Crippen molar-refractivity contribution in [2.24, 2.45) is 0 Å². The Morgan fingerprint density at radius 3 is 2.43 bits per heavy atom. The van der Waals surface area contributed by atoms with Crippen LogP contribution in [0.5, 0.6) is 0 Å². The maximum atomic E-state index is 12.6. The van der Waals surface area contributed by atoms with Crippen molar-refractivity contribution >= 4 is 17.7 Å². The Hall–Kier alpha value is -3.81. The third-order valence-corrected chi connectivity index (χ3v) is 4.78. The molecule has 2 heterocycles. The second kappa shape index (κ2) is 6.73. The Balaban J connectivity index is 1.50. The van der Waals surface area contributed by atoms with E-state index in [-0.39, 0.29) is 23.4 Å². The average Bonchev–Trinajstić information content (AvgIpc) is 3.32. The summed E-state index contributed by atoms with van der Waals surface area (Å²) in [6.07, 6.45) is 3.07. The molecule has 0 saturated heterocycles. The molecule has 3 aromatic rings. The van der Waals surface area contributed by atoms with Gasteiger partial charge in [0, 0.05) is 12.6 Å². The fourth-order valence-electron chi connectivity index (χ4n) is 3.12. The van der Waals surface area contributed by atoms with E-state index in [0.717, 1.165) is 16.2 Å². The van der Waals surface area contributed by atoms with Crippen molar-refractivity contribution in [3.05, 3.63) is 77.4 Å². The normalized spacial score (nSPS) is 14.1. The summed E-state index contributed by atoms with van der Waals surface area (Å²) in [5, 5.41) is 6.99. The van der Waals surface area contributed by atoms with Gasteiger partial charge in [0.15, 0.2) is 0 Å². The van der Waals surface area contributed by atoms with Crippen LogP contribution in [0.15, 0.2) is 55.1 Å². The fourth-order valence-corrected chi connectivity index (χ4v) is 3.12. The van der Waals surface area contributed by atoms with Crippen molar-refractivity contribution in [2.75, 3.05) is 7.05 Å². The SMILES string of the molecule is CC(NC(=O)c1ccc2c(c1)C(=O)N(C)C2=O)c1ccc(-n2cncn2)cc1. The molecule has 4 rings (SSSR count). The summed E-state index contributed by atoms with van der Waals surface area (Å²) in [5.74, 6) is -1.07. The number of nitrogens with zero attached hydrogens (tertiary/aromatic N) is 4. The lowest BCUT2D eigenvalue weighted by molar-refractivity contribution is 0.0693. The Kier molecular flexibility index (Phi) is 4.23. The van der Waals surface area contributed by atoms with E-state index in [0.29, 0.717) is 11.1 Å². The molecule has 1 aromatic heterocycles. The Labute approximate surface area is 160 Å². The van der Waals surface area contributed by atoms with Crippen LogP contribution in [0.2, 0.25) is 0 Å². The summed E-state index contributed by atoms with van der Waals surface area (Å²) in [5.41, 5.74) is 2.70. The highest BCUT2D eigenvalue weighted by Gasteiger charge is 2.33. The van der Waals surface area contributed by atoms with Crippen molar-refractivity contribution < 1.29 is 14.4 Å². The first-order valence-corrected chi connectivity index (χ1v) is 8.68. The van der Waals surface area contributed by atoms with Crippen LogP contribution in [0, 0.1) is 0 Å². The molecule has 1 aliphatic rings. The zero-order chi connectivity index (χ0) is 19.8. The number of imide groups is 1. The van der Waals surface area contributed by atoms with E-state index in [1.165, 1.54) is 25.5 Å². The number of hydrogen-bond acceptors (Lipinski definition) is 5. The standard InChI is InChI=1S/C20H17N5O3/c1-12(13-3-6-15(7-4-13)25-11-21-10-22-25)23-18(26)14-5-8-16-17(9-14)20(28)24(2)19(16)27/h3-12H,1-2H3,(H,23,26). The monoisotopic (exact) mass is 375 g/mol. The predicted molar refractivity (Wildman–Crippen MR) is 100 cm³/mol. The minimum atomic E-state index is -0.397. The van der Waals surface area contributed by atoms with Gasteiger partial charge in [-0.2, -0.15) is 5.10 Å². The number of amides is 3. The Morgan fingerprint density at radius 1 is 1.04 bits per heavy atom. The Bertz CT molecular complexity index is 1070. The van der Waals surface area contributed by atoms with E-state index in [2.05, 4.69) is 15.4 Å². The highest BCUT2D eigenvalue weighted by molar-refractivity contribution is 6.21. The van der Waals surface area contributed by atoms with Gasteiger partial charge >= 0.3 is 0 Å². The molecule has 8 nitrogen and oxygen atoms in total. The lowest BCUT2D eigenvalue weighted by atomic mass is 10.0. The lowest BCUT2D eigenvalue weighted by Gasteiger charge is -2.15. The predicted octanol–water partition coefficient (Wildman–Crippen LogP) is 1.98. The number of carbonyl (C=O) groups excluding carboxylic acids is 3. The van der Waals surface area contributed by atoms with Crippen LogP contribution in [0.1, 0.15) is 49.6 Å². The van der Waals surface area contributed by atoms with Gasteiger partial charge in [-0.15, -0.1) is 0 Å². The van der Waals surface area contributed by atoms with Crippen LogP contribution in [-0.4, -0.2) is 44.4 Å². The Morgan fingerprint density at radius 2 is 1.75 bits per heavy atom. The van der Waals surface area contributed by atoms with Gasteiger partial charge in [0.05, 0.1) is 22.9 Å². The van der Waals surface area contributed by atoms with E-state index >= 15 is 0 Å². The van der Waals surface area contributed by atoms with E-state index in [9.17, 15) is 14.4 Å². The zero-order valence-electron chi connectivity index (χ0n) is 15.3. The summed E-state index contributed by atoms with van der Waals surface area (Å²) < 4.78 is 1.65. The van der Waals surface area contributed by atoms with Gasteiger partial charge in [-0.25, -0.2) is 9.67 Å². The molecule has 0 fully saturated rings. The van der Waals surface area contributed by atoms with Crippen LogP contribution in [-0.2, 0) is 0 Å². The molecule has 8 heteroatoms.